The van der Waals surface area contributed by atoms with Crippen molar-refractivity contribution < 1.29 is 14.6 Å². The Kier molecular flexibility index (Phi) is 6.92. The third-order valence-corrected chi connectivity index (χ3v) is 5.94. The fraction of sp³-hybridized carbons (Fsp3) is 0.429. The van der Waals surface area contributed by atoms with Crippen LogP contribution in [-0.2, 0) is 11.3 Å². The van der Waals surface area contributed by atoms with E-state index < -0.39 is 5.97 Å². The highest BCUT2D eigenvalue weighted by atomic mass is 32.1. The standard InChI is InChI=1S/C21H27N3O3S/c1-14-6-3-4-8-17(14)23-21(22-13-16-7-5-11-28-16)24-18-12-15(20(26)27-2)9-10-19(18)25/h5,7,9-12,14,17,25H,3-4,6,8,13H2,1-2H3,(H2,22,23,24). The van der Waals surface area contributed by atoms with Gasteiger partial charge in [-0.3, -0.25) is 0 Å². The summed E-state index contributed by atoms with van der Waals surface area (Å²) in [5.74, 6) is 0.755. The fourth-order valence-electron chi connectivity index (χ4n) is 3.40. The number of nitrogens with zero attached hydrogens (tertiary/aromatic N) is 1. The van der Waals surface area contributed by atoms with Crippen LogP contribution in [0.25, 0.3) is 0 Å². The van der Waals surface area contributed by atoms with Gasteiger partial charge in [0.05, 0.1) is 24.9 Å². The van der Waals surface area contributed by atoms with Crippen LogP contribution in [-0.4, -0.2) is 30.2 Å². The molecule has 28 heavy (non-hydrogen) atoms. The summed E-state index contributed by atoms with van der Waals surface area (Å²) in [5.41, 5.74) is 0.787. The molecule has 2 aromatic rings. The van der Waals surface area contributed by atoms with Crippen LogP contribution in [0.4, 0.5) is 5.69 Å². The van der Waals surface area contributed by atoms with E-state index in [0.29, 0.717) is 35.7 Å². The van der Waals surface area contributed by atoms with Gasteiger partial charge in [-0.05, 0) is 48.4 Å². The first-order valence-electron chi connectivity index (χ1n) is 9.58. The number of aromatic hydroxyl groups is 1. The van der Waals surface area contributed by atoms with E-state index in [4.69, 9.17) is 9.73 Å². The van der Waals surface area contributed by atoms with Gasteiger partial charge in [0.25, 0.3) is 0 Å². The number of methoxy groups -OCH3 is 1. The molecule has 3 N–H and O–H groups in total. The molecule has 3 rings (SSSR count). The Morgan fingerprint density at radius 2 is 2.14 bits per heavy atom. The monoisotopic (exact) mass is 401 g/mol. The molecular weight excluding hydrogens is 374 g/mol. The van der Waals surface area contributed by atoms with Gasteiger partial charge in [0.2, 0.25) is 0 Å². The summed E-state index contributed by atoms with van der Waals surface area (Å²) in [6, 6.07) is 8.97. The molecular formula is C21H27N3O3S. The predicted molar refractivity (Wildman–Crippen MR) is 113 cm³/mol. The number of phenols is 1. The minimum Gasteiger partial charge on any atom is -0.506 e. The van der Waals surface area contributed by atoms with Crippen LogP contribution in [0.1, 0.15) is 47.8 Å². The van der Waals surface area contributed by atoms with Gasteiger partial charge in [-0.25, -0.2) is 9.79 Å². The van der Waals surface area contributed by atoms with E-state index in [1.54, 1.807) is 17.4 Å². The number of hydrogen-bond acceptors (Lipinski definition) is 5. The maximum atomic E-state index is 11.8. The summed E-state index contributed by atoms with van der Waals surface area (Å²) >= 11 is 1.66. The van der Waals surface area contributed by atoms with Crippen LogP contribution in [0.3, 0.4) is 0 Å². The van der Waals surface area contributed by atoms with E-state index in [2.05, 4.69) is 17.6 Å². The molecule has 0 saturated heterocycles. The number of carbonyl (C=O) groups is 1. The van der Waals surface area contributed by atoms with Crippen molar-refractivity contribution in [2.75, 3.05) is 12.4 Å². The molecule has 0 aliphatic heterocycles. The molecule has 7 heteroatoms. The molecule has 1 heterocycles. The smallest absolute Gasteiger partial charge is 0.337 e. The molecule has 1 saturated carbocycles. The summed E-state index contributed by atoms with van der Waals surface area (Å²) in [6.07, 6.45) is 4.74. The Labute approximate surface area is 169 Å². The number of phenolic OH excluding ortho intramolecular Hbond substituents is 1. The maximum Gasteiger partial charge on any atom is 0.337 e. The second-order valence-electron chi connectivity index (χ2n) is 7.11. The van der Waals surface area contributed by atoms with Crippen molar-refractivity contribution in [2.24, 2.45) is 10.9 Å². The number of nitrogens with one attached hydrogen (secondary N) is 2. The quantitative estimate of drug-likeness (QED) is 0.300. The lowest BCUT2D eigenvalue weighted by molar-refractivity contribution is 0.0601. The average molecular weight is 402 g/mol. The molecule has 1 aliphatic carbocycles. The van der Waals surface area contributed by atoms with Gasteiger partial charge in [-0.2, -0.15) is 0 Å². The summed E-state index contributed by atoms with van der Waals surface area (Å²) < 4.78 is 4.78. The van der Waals surface area contributed by atoms with Crippen molar-refractivity contribution in [1.82, 2.24) is 5.32 Å². The van der Waals surface area contributed by atoms with E-state index in [1.165, 1.54) is 38.5 Å². The van der Waals surface area contributed by atoms with Gasteiger partial charge >= 0.3 is 5.97 Å². The van der Waals surface area contributed by atoms with Crippen LogP contribution in [0, 0.1) is 5.92 Å². The van der Waals surface area contributed by atoms with Gasteiger partial charge in [0.1, 0.15) is 5.75 Å². The number of thiophene rings is 1. The van der Waals surface area contributed by atoms with Crippen molar-refractivity contribution in [1.29, 1.82) is 0 Å². The molecule has 1 aromatic carbocycles. The van der Waals surface area contributed by atoms with E-state index in [0.717, 1.165) is 11.3 Å². The zero-order valence-corrected chi connectivity index (χ0v) is 17.1. The van der Waals surface area contributed by atoms with Crippen LogP contribution in [0.2, 0.25) is 0 Å². The minimum absolute atomic E-state index is 0.0509. The van der Waals surface area contributed by atoms with Crippen molar-refractivity contribution in [3.63, 3.8) is 0 Å². The Hall–Kier alpha value is -2.54. The number of benzene rings is 1. The highest BCUT2D eigenvalue weighted by molar-refractivity contribution is 7.09. The first kappa shape index (κ1) is 20.2. The number of hydrogen-bond donors (Lipinski definition) is 3. The van der Waals surface area contributed by atoms with Gasteiger partial charge in [-0.1, -0.05) is 25.8 Å². The SMILES string of the molecule is COC(=O)c1ccc(O)c(NC(=NCc2cccs2)NC2CCCCC2C)c1. The van der Waals surface area contributed by atoms with Crippen LogP contribution in [0.15, 0.2) is 40.7 Å². The second-order valence-corrected chi connectivity index (χ2v) is 8.14. The molecule has 0 bridgehead atoms. The van der Waals surface area contributed by atoms with E-state index >= 15 is 0 Å². The maximum absolute atomic E-state index is 11.8. The Bertz CT molecular complexity index is 820. The molecule has 0 radical (unpaired) electrons. The van der Waals surface area contributed by atoms with E-state index in [1.807, 2.05) is 17.5 Å². The average Bonchev–Trinajstić information content (AvgIpc) is 3.22. The van der Waals surface area contributed by atoms with Gasteiger partial charge in [0.15, 0.2) is 5.96 Å². The van der Waals surface area contributed by atoms with Crippen LogP contribution < -0.4 is 10.6 Å². The normalized spacial score (nSPS) is 19.9. The highest BCUT2D eigenvalue weighted by Gasteiger charge is 2.22. The van der Waals surface area contributed by atoms with Gasteiger partial charge in [-0.15, -0.1) is 11.3 Å². The third-order valence-electron chi connectivity index (χ3n) is 5.08. The molecule has 150 valence electrons. The number of esters is 1. The third kappa shape index (κ3) is 5.25. The first-order chi connectivity index (χ1) is 13.6. The van der Waals surface area contributed by atoms with Gasteiger partial charge in [0, 0.05) is 10.9 Å². The van der Waals surface area contributed by atoms with E-state index in [9.17, 15) is 9.90 Å². The highest BCUT2D eigenvalue weighted by Crippen LogP contribution is 2.26. The number of carbonyl (C=O) groups excluding carboxylic acids is 1. The molecule has 2 atom stereocenters. The van der Waals surface area contributed by atoms with Crippen LogP contribution in [0.5, 0.6) is 5.75 Å². The molecule has 0 spiro atoms. The first-order valence-corrected chi connectivity index (χ1v) is 10.5. The predicted octanol–water partition coefficient (Wildman–Crippen LogP) is 4.38. The molecule has 1 aromatic heterocycles. The zero-order valence-electron chi connectivity index (χ0n) is 16.3. The summed E-state index contributed by atoms with van der Waals surface area (Å²) in [7, 11) is 1.34. The lowest BCUT2D eigenvalue weighted by Gasteiger charge is -2.31. The zero-order chi connectivity index (χ0) is 19.9. The van der Waals surface area contributed by atoms with Crippen molar-refractivity contribution in [2.45, 2.75) is 45.2 Å². The second kappa shape index (κ2) is 9.59. The molecule has 1 fully saturated rings. The summed E-state index contributed by atoms with van der Waals surface area (Å²) in [6.45, 7) is 2.80. The lowest BCUT2D eigenvalue weighted by atomic mass is 9.86. The topological polar surface area (TPSA) is 83.0 Å². The van der Waals surface area contributed by atoms with Crippen LogP contribution >= 0.6 is 11.3 Å². The number of ether oxygens (including phenoxy) is 1. The molecule has 2 unspecified atom stereocenters. The Morgan fingerprint density at radius 1 is 1.32 bits per heavy atom. The largest absolute Gasteiger partial charge is 0.506 e. The Balaban J connectivity index is 1.81. The minimum atomic E-state index is -0.450. The summed E-state index contributed by atoms with van der Waals surface area (Å²) in [5, 5.41) is 19.0. The lowest BCUT2D eigenvalue weighted by Crippen LogP contribution is -2.44. The number of aliphatic imine (C=N–C) groups is 1. The molecule has 6 nitrogen and oxygen atoms in total. The number of anilines is 1. The molecule has 1 aliphatic rings. The summed E-state index contributed by atoms with van der Waals surface area (Å²) in [4.78, 5) is 17.7. The Morgan fingerprint density at radius 3 is 2.86 bits per heavy atom. The van der Waals surface area contributed by atoms with Crippen molar-refractivity contribution in [3.8, 4) is 5.75 Å². The van der Waals surface area contributed by atoms with Crippen molar-refractivity contribution >= 4 is 29.0 Å². The fourth-order valence-corrected chi connectivity index (χ4v) is 4.02. The van der Waals surface area contributed by atoms with Crippen molar-refractivity contribution in [3.05, 3.63) is 46.2 Å². The number of guanidine groups is 1. The van der Waals surface area contributed by atoms with Gasteiger partial charge < -0.3 is 20.5 Å². The number of rotatable bonds is 5. The molecule has 0 amide bonds. The van der Waals surface area contributed by atoms with E-state index in [-0.39, 0.29) is 5.75 Å².